The molecule has 0 bridgehead atoms. The summed E-state index contributed by atoms with van der Waals surface area (Å²) in [4.78, 5) is 15.0. The maximum absolute atomic E-state index is 12.1. The Balaban J connectivity index is 1.77. The van der Waals surface area contributed by atoms with Crippen LogP contribution in [0.2, 0.25) is 0 Å². The normalized spacial score (nSPS) is 10.8. The molecule has 3 rings (SSSR count). The van der Waals surface area contributed by atoms with Gasteiger partial charge < -0.3 is 10.3 Å². The standard InChI is InChI=1S/C14H15N5O/c1-2-19-13-4-3-11(7-12(13)17-18-19)14(20)16-9-10-5-6-15-8-10/h3-8,15H,2,9H2,1H3,(H,16,20). The highest BCUT2D eigenvalue weighted by molar-refractivity contribution is 5.97. The minimum Gasteiger partial charge on any atom is -0.367 e. The van der Waals surface area contributed by atoms with E-state index in [0.717, 1.165) is 23.1 Å². The van der Waals surface area contributed by atoms with E-state index in [1.165, 1.54) is 0 Å². The zero-order valence-corrected chi connectivity index (χ0v) is 11.1. The fourth-order valence-electron chi connectivity index (χ4n) is 2.10. The summed E-state index contributed by atoms with van der Waals surface area (Å²) in [6.07, 6.45) is 3.69. The quantitative estimate of drug-likeness (QED) is 0.757. The Hall–Kier alpha value is -2.63. The van der Waals surface area contributed by atoms with Crippen LogP contribution in [-0.2, 0) is 13.1 Å². The van der Waals surface area contributed by atoms with Gasteiger partial charge in [-0.25, -0.2) is 4.68 Å². The number of hydrogen-bond acceptors (Lipinski definition) is 3. The summed E-state index contributed by atoms with van der Waals surface area (Å²) in [5.41, 5.74) is 3.31. The molecule has 6 heteroatoms. The Morgan fingerprint density at radius 1 is 1.40 bits per heavy atom. The lowest BCUT2D eigenvalue weighted by molar-refractivity contribution is 0.0951. The molecular formula is C14H15N5O. The number of carbonyl (C=O) groups is 1. The highest BCUT2D eigenvalue weighted by Crippen LogP contribution is 2.13. The van der Waals surface area contributed by atoms with E-state index in [9.17, 15) is 4.79 Å². The van der Waals surface area contributed by atoms with E-state index in [4.69, 9.17) is 0 Å². The van der Waals surface area contributed by atoms with Gasteiger partial charge in [0.2, 0.25) is 0 Å². The van der Waals surface area contributed by atoms with Crippen LogP contribution in [0.4, 0.5) is 0 Å². The molecule has 0 fully saturated rings. The lowest BCUT2D eigenvalue weighted by atomic mass is 10.2. The third-order valence-corrected chi connectivity index (χ3v) is 3.19. The Morgan fingerprint density at radius 2 is 2.30 bits per heavy atom. The molecule has 1 amide bonds. The maximum atomic E-state index is 12.1. The van der Waals surface area contributed by atoms with E-state index in [1.807, 2.05) is 31.5 Å². The Kier molecular flexibility index (Phi) is 3.20. The Labute approximate surface area is 115 Å². The molecule has 0 atom stereocenters. The second-order valence-electron chi connectivity index (χ2n) is 4.51. The molecule has 102 valence electrons. The number of aromatic amines is 1. The maximum Gasteiger partial charge on any atom is 0.251 e. The van der Waals surface area contributed by atoms with E-state index in [-0.39, 0.29) is 5.91 Å². The van der Waals surface area contributed by atoms with Crippen molar-refractivity contribution in [3.05, 3.63) is 47.8 Å². The van der Waals surface area contributed by atoms with Gasteiger partial charge in [0.15, 0.2) is 0 Å². The third-order valence-electron chi connectivity index (χ3n) is 3.19. The number of amides is 1. The van der Waals surface area contributed by atoms with E-state index >= 15 is 0 Å². The first-order chi connectivity index (χ1) is 9.78. The fraction of sp³-hybridized carbons (Fsp3) is 0.214. The number of aromatic nitrogens is 4. The van der Waals surface area contributed by atoms with Crippen LogP contribution in [0.15, 0.2) is 36.7 Å². The Bertz CT molecular complexity index is 729. The number of fused-ring (bicyclic) bond motifs is 1. The first-order valence-corrected chi connectivity index (χ1v) is 6.51. The van der Waals surface area contributed by atoms with Gasteiger partial charge >= 0.3 is 0 Å². The van der Waals surface area contributed by atoms with E-state index in [2.05, 4.69) is 20.6 Å². The van der Waals surface area contributed by atoms with Crippen LogP contribution in [0, 0.1) is 0 Å². The molecule has 0 saturated heterocycles. The molecule has 0 saturated carbocycles. The van der Waals surface area contributed by atoms with Crippen LogP contribution in [0.3, 0.4) is 0 Å². The van der Waals surface area contributed by atoms with Crippen molar-refractivity contribution in [2.75, 3.05) is 0 Å². The van der Waals surface area contributed by atoms with Crippen LogP contribution in [0.25, 0.3) is 11.0 Å². The molecule has 20 heavy (non-hydrogen) atoms. The molecule has 6 nitrogen and oxygen atoms in total. The van der Waals surface area contributed by atoms with Crippen LogP contribution < -0.4 is 5.32 Å². The molecule has 0 spiro atoms. The average Bonchev–Trinajstić information content (AvgIpc) is 3.13. The van der Waals surface area contributed by atoms with Gasteiger partial charge in [0.05, 0.1) is 5.52 Å². The number of nitrogens with zero attached hydrogens (tertiary/aromatic N) is 3. The number of H-pyrrole nitrogens is 1. The highest BCUT2D eigenvalue weighted by atomic mass is 16.1. The van der Waals surface area contributed by atoms with Gasteiger partial charge in [0.25, 0.3) is 5.91 Å². The topological polar surface area (TPSA) is 75.6 Å². The summed E-state index contributed by atoms with van der Waals surface area (Å²) in [5, 5.41) is 11.0. The second kappa shape index (κ2) is 5.16. The molecular weight excluding hydrogens is 254 g/mol. The molecule has 0 unspecified atom stereocenters. The zero-order valence-electron chi connectivity index (χ0n) is 11.1. The summed E-state index contributed by atoms with van der Waals surface area (Å²) in [5.74, 6) is -0.112. The van der Waals surface area contributed by atoms with Gasteiger partial charge in [-0.15, -0.1) is 5.10 Å². The van der Waals surface area contributed by atoms with Gasteiger partial charge in [-0.3, -0.25) is 4.79 Å². The summed E-state index contributed by atoms with van der Waals surface area (Å²) in [7, 11) is 0. The number of benzene rings is 1. The van der Waals surface area contributed by atoms with Crippen molar-refractivity contribution in [1.82, 2.24) is 25.3 Å². The summed E-state index contributed by atoms with van der Waals surface area (Å²) in [6, 6.07) is 7.37. The van der Waals surface area contributed by atoms with Crippen molar-refractivity contribution in [2.24, 2.45) is 0 Å². The SMILES string of the molecule is CCn1nnc2cc(C(=O)NCc3cc[nH]c3)ccc21. The number of rotatable bonds is 4. The molecule has 0 aliphatic carbocycles. The van der Waals surface area contributed by atoms with E-state index < -0.39 is 0 Å². The van der Waals surface area contributed by atoms with Crippen molar-refractivity contribution in [2.45, 2.75) is 20.0 Å². The summed E-state index contributed by atoms with van der Waals surface area (Å²) >= 11 is 0. The second-order valence-corrected chi connectivity index (χ2v) is 4.51. The monoisotopic (exact) mass is 269 g/mol. The summed E-state index contributed by atoms with van der Waals surface area (Å²) < 4.78 is 1.80. The fourth-order valence-corrected chi connectivity index (χ4v) is 2.10. The Morgan fingerprint density at radius 3 is 3.05 bits per heavy atom. The minimum absolute atomic E-state index is 0.112. The molecule has 3 aromatic rings. The molecule has 2 aromatic heterocycles. The van der Waals surface area contributed by atoms with Gasteiger partial charge in [-0.1, -0.05) is 5.21 Å². The van der Waals surface area contributed by atoms with Crippen molar-refractivity contribution >= 4 is 16.9 Å². The third kappa shape index (κ3) is 2.27. The van der Waals surface area contributed by atoms with E-state index in [1.54, 1.807) is 16.8 Å². The van der Waals surface area contributed by atoms with Crippen LogP contribution in [0.5, 0.6) is 0 Å². The van der Waals surface area contributed by atoms with Gasteiger partial charge in [-0.2, -0.15) is 0 Å². The predicted octanol–water partition coefficient (Wildman–Crippen LogP) is 1.71. The smallest absolute Gasteiger partial charge is 0.251 e. The van der Waals surface area contributed by atoms with Crippen molar-refractivity contribution in [3.63, 3.8) is 0 Å². The van der Waals surface area contributed by atoms with E-state index in [0.29, 0.717) is 12.1 Å². The average molecular weight is 269 g/mol. The lowest BCUT2D eigenvalue weighted by Crippen LogP contribution is -2.22. The van der Waals surface area contributed by atoms with Gasteiger partial charge in [0, 0.05) is 31.0 Å². The molecule has 2 heterocycles. The predicted molar refractivity (Wildman–Crippen MR) is 75.2 cm³/mol. The number of carbonyl (C=O) groups excluding carboxylic acids is 1. The first-order valence-electron chi connectivity index (χ1n) is 6.51. The molecule has 0 radical (unpaired) electrons. The van der Waals surface area contributed by atoms with Crippen molar-refractivity contribution < 1.29 is 4.79 Å². The number of hydrogen-bond donors (Lipinski definition) is 2. The van der Waals surface area contributed by atoms with Crippen LogP contribution in [-0.4, -0.2) is 25.9 Å². The first kappa shape index (κ1) is 12.4. The lowest BCUT2D eigenvalue weighted by Gasteiger charge is -2.04. The van der Waals surface area contributed by atoms with Gasteiger partial charge in [0.1, 0.15) is 5.52 Å². The number of nitrogens with one attached hydrogen (secondary N) is 2. The largest absolute Gasteiger partial charge is 0.367 e. The highest BCUT2D eigenvalue weighted by Gasteiger charge is 2.09. The van der Waals surface area contributed by atoms with Crippen LogP contribution >= 0.6 is 0 Å². The van der Waals surface area contributed by atoms with Crippen molar-refractivity contribution in [3.8, 4) is 0 Å². The molecule has 0 aliphatic heterocycles. The van der Waals surface area contributed by atoms with Crippen molar-refractivity contribution in [1.29, 1.82) is 0 Å². The molecule has 2 N–H and O–H groups in total. The van der Waals surface area contributed by atoms with Gasteiger partial charge in [-0.05, 0) is 36.8 Å². The van der Waals surface area contributed by atoms with Crippen LogP contribution in [0.1, 0.15) is 22.8 Å². The molecule has 1 aromatic carbocycles. The number of aryl methyl sites for hydroxylation is 1. The minimum atomic E-state index is -0.112. The summed E-state index contributed by atoms with van der Waals surface area (Å²) in [6.45, 7) is 3.27. The zero-order chi connectivity index (χ0) is 13.9. The molecule has 0 aliphatic rings.